The summed E-state index contributed by atoms with van der Waals surface area (Å²) in [5.41, 5.74) is -1.45. The fraction of sp³-hybridized carbons (Fsp3) is 0.857. The van der Waals surface area contributed by atoms with Crippen molar-refractivity contribution < 1.29 is 28.5 Å². The Balaban J connectivity index is 1.67. The summed E-state index contributed by atoms with van der Waals surface area (Å²) in [6.45, 7) is 5.16. The lowest BCUT2D eigenvalue weighted by atomic mass is 9.98. The molecule has 0 amide bonds. The average Bonchev–Trinajstić information content (AvgIpc) is 3.31. The van der Waals surface area contributed by atoms with Gasteiger partial charge in [-0.1, -0.05) is 0 Å². The molecular weight excluding hydrogens is 264 g/mol. The standard InChI is InChI=1S/C14H22O6/c1-3-17-11(15)13(9-19-13)7-5-6-8-14(10-20-14)12(16)18-4-2/h3-10H2,1-2H3. The molecule has 2 rings (SSSR count). The van der Waals surface area contributed by atoms with E-state index in [2.05, 4.69) is 0 Å². The Morgan fingerprint density at radius 3 is 1.50 bits per heavy atom. The molecule has 0 spiro atoms. The van der Waals surface area contributed by atoms with Crippen LogP contribution in [0.3, 0.4) is 0 Å². The zero-order chi connectivity index (χ0) is 14.6. The lowest BCUT2D eigenvalue weighted by molar-refractivity contribution is -0.151. The number of carbonyl (C=O) groups excluding carboxylic acids is 2. The van der Waals surface area contributed by atoms with E-state index in [1.165, 1.54) is 0 Å². The summed E-state index contributed by atoms with van der Waals surface area (Å²) in [5, 5.41) is 0. The SMILES string of the molecule is CCOC(=O)C1(CCCCC2(C(=O)OCC)CO2)CO1. The Hall–Kier alpha value is -1.14. The van der Waals surface area contributed by atoms with Crippen molar-refractivity contribution in [2.45, 2.75) is 50.7 Å². The average molecular weight is 286 g/mol. The summed E-state index contributed by atoms with van der Waals surface area (Å²) in [6.07, 6.45) is 2.85. The van der Waals surface area contributed by atoms with Gasteiger partial charge in [-0.2, -0.15) is 0 Å². The minimum atomic E-state index is -0.725. The van der Waals surface area contributed by atoms with E-state index in [9.17, 15) is 9.59 Å². The normalized spacial score (nSPS) is 30.7. The summed E-state index contributed by atoms with van der Waals surface area (Å²) in [5.74, 6) is -0.550. The second kappa shape index (κ2) is 6.10. The van der Waals surface area contributed by atoms with Gasteiger partial charge in [0.1, 0.15) is 0 Å². The third kappa shape index (κ3) is 3.30. The fourth-order valence-electron chi connectivity index (χ4n) is 2.25. The van der Waals surface area contributed by atoms with Crippen LogP contribution >= 0.6 is 0 Å². The topological polar surface area (TPSA) is 77.7 Å². The Labute approximate surface area is 118 Å². The van der Waals surface area contributed by atoms with Crippen molar-refractivity contribution in [2.75, 3.05) is 26.4 Å². The quantitative estimate of drug-likeness (QED) is 0.360. The first-order chi connectivity index (χ1) is 9.58. The maximum absolute atomic E-state index is 11.7. The molecule has 2 unspecified atom stereocenters. The molecule has 2 fully saturated rings. The van der Waals surface area contributed by atoms with E-state index < -0.39 is 11.2 Å². The zero-order valence-electron chi connectivity index (χ0n) is 12.1. The van der Waals surface area contributed by atoms with Gasteiger partial charge in [-0.3, -0.25) is 0 Å². The molecule has 0 saturated carbocycles. The number of esters is 2. The predicted molar refractivity (Wildman–Crippen MR) is 69.1 cm³/mol. The molecule has 0 N–H and O–H groups in total. The predicted octanol–water partition coefficient (Wildman–Crippen LogP) is 1.21. The van der Waals surface area contributed by atoms with E-state index in [0.29, 0.717) is 39.3 Å². The number of epoxide rings is 2. The summed E-state index contributed by atoms with van der Waals surface area (Å²) in [6, 6.07) is 0. The van der Waals surface area contributed by atoms with E-state index in [-0.39, 0.29) is 11.9 Å². The first-order valence-electron chi connectivity index (χ1n) is 7.21. The van der Waals surface area contributed by atoms with Crippen molar-refractivity contribution in [3.8, 4) is 0 Å². The van der Waals surface area contributed by atoms with Crippen molar-refractivity contribution in [1.82, 2.24) is 0 Å². The monoisotopic (exact) mass is 286 g/mol. The number of hydrogen-bond acceptors (Lipinski definition) is 6. The Morgan fingerprint density at radius 1 is 0.900 bits per heavy atom. The number of hydrogen-bond donors (Lipinski definition) is 0. The van der Waals surface area contributed by atoms with Crippen molar-refractivity contribution in [3.63, 3.8) is 0 Å². The van der Waals surface area contributed by atoms with E-state index in [1.54, 1.807) is 13.8 Å². The molecule has 0 aromatic rings. The molecule has 2 saturated heterocycles. The molecule has 2 aliphatic rings. The number of rotatable bonds is 9. The minimum absolute atomic E-state index is 0.275. The van der Waals surface area contributed by atoms with Gasteiger partial charge in [-0.05, 0) is 39.5 Å². The first-order valence-corrected chi connectivity index (χ1v) is 7.21. The molecular formula is C14H22O6. The highest BCUT2D eigenvalue weighted by molar-refractivity contribution is 5.82. The zero-order valence-corrected chi connectivity index (χ0v) is 12.1. The molecule has 6 nitrogen and oxygen atoms in total. The fourth-order valence-corrected chi connectivity index (χ4v) is 2.25. The van der Waals surface area contributed by atoms with E-state index in [4.69, 9.17) is 18.9 Å². The van der Waals surface area contributed by atoms with E-state index >= 15 is 0 Å². The molecule has 0 aromatic heterocycles. The van der Waals surface area contributed by atoms with Gasteiger partial charge in [-0.25, -0.2) is 9.59 Å². The first kappa shape index (κ1) is 15.3. The van der Waals surface area contributed by atoms with E-state index in [0.717, 1.165) is 12.8 Å². The third-order valence-electron chi connectivity index (χ3n) is 3.69. The summed E-state index contributed by atoms with van der Waals surface area (Å²) >= 11 is 0. The molecule has 2 atom stereocenters. The minimum Gasteiger partial charge on any atom is -0.464 e. The van der Waals surface area contributed by atoms with Crippen LogP contribution < -0.4 is 0 Å². The Bertz CT molecular complexity index is 334. The number of ether oxygens (including phenoxy) is 4. The van der Waals surface area contributed by atoms with Crippen LogP contribution in [0.5, 0.6) is 0 Å². The molecule has 2 aliphatic heterocycles. The maximum atomic E-state index is 11.7. The highest BCUT2D eigenvalue weighted by atomic mass is 16.6. The molecule has 20 heavy (non-hydrogen) atoms. The number of carbonyl (C=O) groups is 2. The van der Waals surface area contributed by atoms with Crippen LogP contribution in [0, 0.1) is 0 Å². The van der Waals surface area contributed by atoms with Gasteiger partial charge >= 0.3 is 11.9 Å². The Kier molecular flexibility index (Phi) is 4.65. The molecule has 0 radical (unpaired) electrons. The van der Waals surface area contributed by atoms with Gasteiger partial charge in [0.15, 0.2) is 11.2 Å². The van der Waals surface area contributed by atoms with Crippen LogP contribution in [0.2, 0.25) is 0 Å². The van der Waals surface area contributed by atoms with Crippen molar-refractivity contribution in [1.29, 1.82) is 0 Å². The van der Waals surface area contributed by atoms with Crippen LogP contribution in [0.25, 0.3) is 0 Å². The van der Waals surface area contributed by atoms with Gasteiger partial charge in [0.05, 0.1) is 26.4 Å². The van der Waals surface area contributed by atoms with Gasteiger partial charge in [0, 0.05) is 0 Å². The molecule has 0 bridgehead atoms. The lowest BCUT2D eigenvalue weighted by Crippen LogP contribution is -2.28. The summed E-state index contributed by atoms with van der Waals surface area (Å²) in [4.78, 5) is 23.4. The van der Waals surface area contributed by atoms with Crippen molar-refractivity contribution in [3.05, 3.63) is 0 Å². The van der Waals surface area contributed by atoms with Crippen LogP contribution in [-0.4, -0.2) is 49.6 Å². The van der Waals surface area contributed by atoms with Crippen LogP contribution in [-0.2, 0) is 28.5 Å². The molecule has 2 heterocycles. The highest BCUT2D eigenvalue weighted by Gasteiger charge is 2.55. The van der Waals surface area contributed by atoms with E-state index in [1.807, 2.05) is 0 Å². The summed E-state index contributed by atoms with van der Waals surface area (Å²) < 4.78 is 20.5. The molecule has 114 valence electrons. The molecule has 6 heteroatoms. The van der Waals surface area contributed by atoms with Gasteiger partial charge < -0.3 is 18.9 Å². The highest BCUT2D eigenvalue weighted by Crippen LogP contribution is 2.37. The lowest BCUT2D eigenvalue weighted by Gasteiger charge is -2.12. The van der Waals surface area contributed by atoms with Crippen LogP contribution in [0.4, 0.5) is 0 Å². The molecule has 0 aromatic carbocycles. The third-order valence-corrected chi connectivity index (χ3v) is 3.69. The number of unbranched alkanes of at least 4 members (excludes halogenated alkanes) is 1. The molecule has 0 aliphatic carbocycles. The van der Waals surface area contributed by atoms with Gasteiger partial charge in [0.2, 0.25) is 0 Å². The maximum Gasteiger partial charge on any atom is 0.340 e. The smallest absolute Gasteiger partial charge is 0.340 e. The Morgan fingerprint density at radius 2 is 1.25 bits per heavy atom. The van der Waals surface area contributed by atoms with Gasteiger partial charge in [-0.15, -0.1) is 0 Å². The van der Waals surface area contributed by atoms with Crippen molar-refractivity contribution >= 4 is 11.9 Å². The van der Waals surface area contributed by atoms with Crippen LogP contribution in [0.15, 0.2) is 0 Å². The summed E-state index contributed by atoms with van der Waals surface area (Å²) in [7, 11) is 0. The second-order valence-electron chi connectivity index (χ2n) is 5.21. The largest absolute Gasteiger partial charge is 0.464 e. The van der Waals surface area contributed by atoms with Gasteiger partial charge in [0.25, 0.3) is 0 Å². The second-order valence-corrected chi connectivity index (χ2v) is 5.21. The van der Waals surface area contributed by atoms with Crippen LogP contribution in [0.1, 0.15) is 39.5 Å². The van der Waals surface area contributed by atoms with Crippen molar-refractivity contribution in [2.24, 2.45) is 0 Å².